The number of hydrogen-bond donors (Lipinski definition) is 0. The Morgan fingerprint density at radius 1 is 1.53 bits per heavy atom. The molecule has 2 rings (SSSR count). The van der Waals surface area contributed by atoms with Crippen molar-refractivity contribution in [3.05, 3.63) is 18.1 Å². The topological polar surface area (TPSA) is 38.2 Å². The molecule has 0 spiro atoms. The number of aromatic nitrogens is 2. The van der Waals surface area contributed by atoms with E-state index in [1.807, 2.05) is 0 Å². The molecule has 0 N–H and O–H groups in total. The molecule has 1 fully saturated rings. The van der Waals surface area contributed by atoms with Gasteiger partial charge in [-0.2, -0.15) is 0 Å². The van der Waals surface area contributed by atoms with Gasteiger partial charge in [0.1, 0.15) is 12.1 Å². The van der Waals surface area contributed by atoms with Crippen molar-refractivity contribution in [1.29, 1.82) is 0 Å². The van der Waals surface area contributed by atoms with E-state index >= 15 is 0 Å². The number of nitrogens with zero attached hydrogens (tertiary/aromatic N) is 3. The quantitative estimate of drug-likeness (QED) is 0.801. The summed E-state index contributed by atoms with van der Waals surface area (Å²) in [5.41, 5.74) is 1.09. The zero-order chi connectivity index (χ0) is 12.3. The van der Waals surface area contributed by atoms with Crippen molar-refractivity contribution in [3.8, 4) is 0 Å². The van der Waals surface area contributed by atoms with Crippen LogP contribution in [0.25, 0.3) is 0 Å². The molecule has 0 saturated carbocycles. The Labute approximate surface area is 111 Å². The highest BCUT2D eigenvalue weighted by Gasteiger charge is 2.26. The van der Waals surface area contributed by atoms with E-state index in [1.165, 1.54) is 0 Å². The molecule has 2 atom stereocenters. The van der Waals surface area contributed by atoms with Crippen LogP contribution in [-0.4, -0.2) is 40.6 Å². The Bertz CT molecular complexity index is 375. The molecular weight excluding hydrogens is 282 g/mol. The molecule has 1 aliphatic rings. The summed E-state index contributed by atoms with van der Waals surface area (Å²) in [7, 11) is 0. The van der Waals surface area contributed by atoms with Gasteiger partial charge >= 0.3 is 0 Å². The predicted octanol–water partition coefficient (Wildman–Crippen LogP) is 2.03. The first-order chi connectivity index (χ1) is 8.24. The van der Waals surface area contributed by atoms with E-state index in [1.54, 1.807) is 6.33 Å². The summed E-state index contributed by atoms with van der Waals surface area (Å²) in [5.74, 6) is 1.01. The normalized spacial score (nSPS) is 25.0. The first-order valence-corrected chi connectivity index (χ1v) is 7.11. The van der Waals surface area contributed by atoms with Crippen LogP contribution in [-0.2, 0) is 11.2 Å². The van der Waals surface area contributed by atoms with Crippen molar-refractivity contribution in [3.63, 3.8) is 0 Å². The van der Waals surface area contributed by atoms with Crippen LogP contribution in [0.2, 0.25) is 0 Å². The van der Waals surface area contributed by atoms with Gasteiger partial charge in [-0.15, -0.1) is 0 Å². The maximum atomic E-state index is 5.72. The lowest BCUT2D eigenvalue weighted by atomic mass is 10.2. The van der Waals surface area contributed by atoms with Gasteiger partial charge in [-0.3, -0.25) is 0 Å². The number of alkyl halides is 1. The van der Waals surface area contributed by atoms with Gasteiger partial charge < -0.3 is 9.64 Å². The second kappa shape index (κ2) is 5.78. The molecule has 2 heterocycles. The second-order valence-corrected chi connectivity index (χ2v) is 4.98. The number of aryl methyl sites for hydroxylation is 1. The van der Waals surface area contributed by atoms with E-state index < -0.39 is 0 Å². The third kappa shape index (κ3) is 2.96. The molecule has 1 aromatic heterocycles. The minimum Gasteiger partial charge on any atom is -0.373 e. The molecule has 1 aromatic rings. The summed E-state index contributed by atoms with van der Waals surface area (Å²) in [6, 6.07) is 2.44. The summed E-state index contributed by atoms with van der Waals surface area (Å²) in [6.07, 6.45) is 2.83. The molecule has 0 aromatic carbocycles. The molecule has 0 bridgehead atoms. The molecule has 0 amide bonds. The molecule has 1 aliphatic heterocycles. The summed E-state index contributed by atoms with van der Waals surface area (Å²) < 4.78 is 5.72. The van der Waals surface area contributed by atoms with Crippen LogP contribution >= 0.6 is 15.9 Å². The zero-order valence-corrected chi connectivity index (χ0v) is 11.9. The minimum atomic E-state index is 0.242. The van der Waals surface area contributed by atoms with Gasteiger partial charge in [0.25, 0.3) is 0 Å². The standard InChI is InChI=1S/C12H18BrN3O/c1-3-10-4-12(15-8-14-10)16-6-11(5-13)17-7-9(16)2/h4,8-9,11H,3,5-7H2,1-2H3. The Hall–Kier alpha value is -0.680. The lowest BCUT2D eigenvalue weighted by Gasteiger charge is -2.38. The largest absolute Gasteiger partial charge is 0.373 e. The number of rotatable bonds is 3. The third-order valence-electron chi connectivity index (χ3n) is 3.04. The van der Waals surface area contributed by atoms with E-state index in [0.717, 1.165) is 36.4 Å². The highest BCUT2D eigenvalue weighted by molar-refractivity contribution is 9.09. The van der Waals surface area contributed by atoms with Gasteiger partial charge in [0, 0.05) is 23.6 Å². The minimum absolute atomic E-state index is 0.242. The fourth-order valence-corrected chi connectivity index (χ4v) is 2.36. The van der Waals surface area contributed by atoms with Gasteiger partial charge in [0.05, 0.1) is 18.8 Å². The van der Waals surface area contributed by atoms with E-state index in [-0.39, 0.29) is 6.10 Å². The van der Waals surface area contributed by atoms with Gasteiger partial charge in [0.15, 0.2) is 0 Å². The third-order valence-corrected chi connectivity index (χ3v) is 3.77. The molecule has 2 unspecified atom stereocenters. The molecule has 0 radical (unpaired) electrons. The van der Waals surface area contributed by atoms with Crippen LogP contribution in [0.3, 0.4) is 0 Å². The molecule has 0 aliphatic carbocycles. The van der Waals surface area contributed by atoms with Crippen LogP contribution in [0.5, 0.6) is 0 Å². The predicted molar refractivity (Wildman–Crippen MR) is 71.8 cm³/mol. The Morgan fingerprint density at radius 3 is 3.06 bits per heavy atom. The van der Waals surface area contributed by atoms with E-state index in [4.69, 9.17) is 4.74 Å². The first-order valence-electron chi connectivity index (χ1n) is 5.99. The van der Waals surface area contributed by atoms with Gasteiger partial charge in [-0.05, 0) is 13.3 Å². The average Bonchev–Trinajstić information content (AvgIpc) is 2.39. The number of morpholine rings is 1. The highest BCUT2D eigenvalue weighted by Crippen LogP contribution is 2.20. The van der Waals surface area contributed by atoms with Crippen molar-refractivity contribution < 1.29 is 4.74 Å². The number of ether oxygens (including phenoxy) is 1. The zero-order valence-electron chi connectivity index (χ0n) is 10.3. The van der Waals surface area contributed by atoms with Crippen LogP contribution in [0.15, 0.2) is 12.4 Å². The Kier molecular flexibility index (Phi) is 4.34. The molecule has 1 saturated heterocycles. The van der Waals surface area contributed by atoms with Crippen LogP contribution in [0.4, 0.5) is 5.82 Å². The lowest BCUT2D eigenvalue weighted by molar-refractivity contribution is 0.0376. The van der Waals surface area contributed by atoms with Gasteiger partial charge in [-0.25, -0.2) is 9.97 Å². The van der Waals surface area contributed by atoms with Crippen molar-refractivity contribution >= 4 is 21.7 Å². The fraction of sp³-hybridized carbons (Fsp3) is 0.667. The van der Waals surface area contributed by atoms with Crippen molar-refractivity contribution in [2.75, 3.05) is 23.4 Å². The van der Waals surface area contributed by atoms with Crippen molar-refractivity contribution in [1.82, 2.24) is 9.97 Å². The SMILES string of the molecule is CCc1cc(N2CC(CBr)OCC2C)ncn1. The van der Waals surface area contributed by atoms with Crippen LogP contribution in [0, 0.1) is 0 Å². The summed E-state index contributed by atoms with van der Waals surface area (Å²) in [4.78, 5) is 10.9. The number of hydrogen-bond acceptors (Lipinski definition) is 4. The second-order valence-electron chi connectivity index (χ2n) is 4.33. The Morgan fingerprint density at radius 2 is 2.35 bits per heavy atom. The van der Waals surface area contributed by atoms with Crippen LogP contribution < -0.4 is 4.90 Å². The summed E-state index contributed by atoms with van der Waals surface area (Å²) >= 11 is 3.47. The first kappa shape index (κ1) is 12.8. The molecule has 4 nitrogen and oxygen atoms in total. The van der Waals surface area contributed by atoms with E-state index in [9.17, 15) is 0 Å². The monoisotopic (exact) mass is 299 g/mol. The maximum Gasteiger partial charge on any atom is 0.132 e. The van der Waals surface area contributed by atoms with Crippen molar-refractivity contribution in [2.45, 2.75) is 32.4 Å². The summed E-state index contributed by atoms with van der Waals surface area (Å²) in [5, 5.41) is 0.863. The maximum absolute atomic E-state index is 5.72. The molecular formula is C12H18BrN3O. The van der Waals surface area contributed by atoms with E-state index in [0.29, 0.717) is 6.04 Å². The fourth-order valence-electron chi connectivity index (χ4n) is 1.97. The highest BCUT2D eigenvalue weighted by atomic mass is 79.9. The summed E-state index contributed by atoms with van der Waals surface area (Å²) in [6.45, 7) is 5.91. The average molecular weight is 300 g/mol. The van der Waals surface area contributed by atoms with Crippen molar-refractivity contribution in [2.24, 2.45) is 0 Å². The lowest BCUT2D eigenvalue weighted by Crippen LogP contribution is -2.49. The molecule has 5 heteroatoms. The number of halogens is 1. The molecule has 17 heavy (non-hydrogen) atoms. The Balaban J connectivity index is 2.18. The van der Waals surface area contributed by atoms with Gasteiger partial charge in [0.2, 0.25) is 0 Å². The van der Waals surface area contributed by atoms with Crippen LogP contribution in [0.1, 0.15) is 19.5 Å². The molecule has 94 valence electrons. The number of anilines is 1. The smallest absolute Gasteiger partial charge is 0.132 e. The van der Waals surface area contributed by atoms with E-state index in [2.05, 4.69) is 50.7 Å². The van der Waals surface area contributed by atoms with Gasteiger partial charge in [-0.1, -0.05) is 22.9 Å².